The highest BCUT2D eigenvalue weighted by Gasteiger charge is 2.18. The molecule has 0 bridgehead atoms. The Balaban J connectivity index is 2.36. The average Bonchev–Trinajstić information content (AvgIpc) is 2.39. The second kappa shape index (κ2) is 5.70. The minimum absolute atomic E-state index is 0.187. The maximum absolute atomic E-state index is 8.88. The van der Waals surface area contributed by atoms with E-state index in [1.807, 2.05) is 26.8 Å². The number of nitrogens with one attached hydrogen (secondary N) is 1. The lowest BCUT2D eigenvalue weighted by atomic mass is 9.96. The van der Waals surface area contributed by atoms with Crippen molar-refractivity contribution < 1.29 is 0 Å². The van der Waals surface area contributed by atoms with Gasteiger partial charge in [0.25, 0.3) is 0 Å². The number of nitrogens with two attached hydrogens (primary N) is 1. The van der Waals surface area contributed by atoms with Crippen LogP contribution in [-0.2, 0) is 5.41 Å². The molecule has 0 aliphatic heterocycles. The van der Waals surface area contributed by atoms with Crippen molar-refractivity contribution in [3.05, 3.63) is 40.1 Å². The Kier molecular flexibility index (Phi) is 4.14. The highest BCUT2D eigenvalue weighted by molar-refractivity contribution is 9.10. The first-order valence-corrected chi connectivity index (χ1v) is 7.20. The summed E-state index contributed by atoms with van der Waals surface area (Å²) in [6.45, 7) is 6.09. The molecule has 0 radical (unpaired) electrons. The quantitative estimate of drug-likeness (QED) is 0.865. The van der Waals surface area contributed by atoms with E-state index in [9.17, 15) is 0 Å². The standard InChI is InChI=1S/C15H16BrN5/c1-15(2,3)14-20-12(18)7-13(21-14)19-11-5-4-9(8-17)6-10(11)16/h4-7H,1-3H3,(H3,18,19,20,21). The number of nitrogen functional groups attached to an aromatic ring is 1. The molecule has 2 rings (SSSR count). The second-order valence-electron chi connectivity index (χ2n) is 5.68. The molecule has 1 aromatic carbocycles. The van der Waals surface area contributed by atoms with Crippen molar-refractivity contribution in [2.75, 3.05) is 11.1 Å². The first kappa shape index (κ1) is 15.3. The van der Waals surface area contributed by atoms with Crippen LogP contribution >= 0.6 is 15.9 Å². The van der Waals surface area contributed by atoms with Crippen molar-refractivity contribution in [1.82, 2.24) is 9.97 Å². The maximum Gasteiger partial charge on any atom is 0.138 e. The van der Waals surface area contributed by atoms with Crippen molar-refractivity contribution in [1.29, 1.82) is 5.26 Å². The molecule has 1 heterocycles. The monoisotopic (exact) mass is 345 g/mol. The lowest BCUT2D eigenvalue weighted by molar-refractivity contribution is 0.547. The van der Waals surface area contributed by atoms with Crippen molar-refractivity contribution >= 4 is 33.3 Å². The van der Waals surface area contributed by atoms with Gasteiger partial charge in [-0.2, -0.15) is 5.26 Å². The van der Waals surface area contributed by atoms with Gasteiger partial charge in [0.1, 0.15) is 17.5 Å². The molecule has 0 saturated carbocycles. The van der Waals surface area contributed by atoms with Gasteiger partial charge in [-0.25, -0.2) is 9.97 Å². The van der Waals surface area contributed by atoms with Crippen molar-refractivity contribution in [2.24, 2.45) is 0 Å². The molecule has 0 aliphatic carbocycles. The van der Waals surface area contributed by atoms with Gasteiger partial charge >= 0.3 is 0 Å². The number of hydrogen-bond acceptors (Lipinski definition) is 5. The highest BCUT2D eigenvalue weighted by atomic mass is 79.9. The fraction of sp³-hybridized carbons (Fsp3) is 0.267. The van der Waals surface area contributed by atoms with Gasteiger partial charge in [0.2, 0.25) is 0 Å². The molecule has 21 heavy (non-hydrogen) atoms. The predicted molar refractivity (Wildman–Crippen MR) is 87.3 cm³/mol. The molecule has 0 atom stereocenters. The average molecular weight is 346 g/mol. The van der Waals surface area contributed by atoms with E-state index in [0.29, 0.717) is 23.0 Å². The number of aromatic nitrogens is 2. The summed E-state index contributed by atoms with van der Waals surface area (Å²) in [5.41, 5.74) is 7.06. The third kappa shape index (κ3) is 3.70. The summed E-state index contributed by atoms with van der Waals surface area (Å²) in [7, 11) is 0. The molecule has 3 N–H and O–H groups in total. The number of benzene rings is 1. The topological polar surface area (TPSA) is 87.6 Å². The van der Waals surface area contributed by atoms with Crippen LogP contribution < -0.4 is 11.1 Å². The zero-order valence-corrected chi connectivity index (χ0v) is 13.7. The Labute approximate surface area is 132 Å². The molecule has 0 spiro atoms. The summed E-state index contributed by atoms with van der Waals surface area (Å²) in [5.74, 6) is 1.72. The van der Waals surface area contributed by atoms with Crippen LogP contribution in [0.1, 0.15) is 32.2 Å². The number of anilines is 3. The molecule has 0 aliphatic rings. The number of nitrogens with zero attached hydrogens (tertiary/aromatic N) is 3. The molecule has 108 valence electrons. The van der Waals surface area contributed by atoms with Crippen LogP contribution in [0.25, 0.3) is 0 Å². The molecule has 0 saturated heterocycles. The molecule has 2 aromatic rings. The first-order valence-electron chi connectivity index (χ1n) is 6.41. The summed E-state index contributed by atoms with van der Waals surface area (Å²) in [5, 5.41) is 12.1. The molecule has 0 unspecified atom stereocenters. The Bertz CT molecular complexity index is 713. The smallest absolute Gasteiger partial charge is 0.138 e. The van der Waals surface area contributed by atoms with Gasteiger partial charge in [0.05, 0.1) is 17.3 Å². The molecule has 5 nitrogen and oxygen atoms in total. The molecular formula is C15H16BrN5. The summed E-state index contributed by atoms with van der Waals surface area (Å²) in [6.07, 6.45) is 0. The number of hydrogen-bond donors (Lipinski definition) is 2. The van der Waals surface area contributed by atoms with Crippen LogP contribution in [0.4, 0.5) is 17.3 Å². The van der Waals surface area contributed by atoms with Gasteiger partial charge in [-0.05, 0) is 34.1 Å². The highest BCUT2D eigenvalue weighted by Crippen LogP contribution is 2.28. The predicted octanol–water partition coefficient (Wildman–Crippen LogP) is 3.73. The second-order valence-corrected chi connectivity index (χ2v) is 6.54. The number of rotatable bonds is 2. The maximum atomic E-state index is 8.88. The SMILES string of the molecule is CC(C)(C)c1nc(N)cc(Nc2ccc(C#N)cc2Br)n1. The van der Waals surface area contributed by atoms with Gasteiger partial charge in [-0.3, -0.25) is 0 Å². The zero-order valence-electron chi connectivity index (χ0n) is 12.1. The molecular weight excluding hydrogens is 330 g/mol. The number of halogens is 1. The lowest BCUT2D eigenvalue weighted by Crippen LogP contribution is -2.17. The van der Waals surface area contributed by atoms with E-state index in [0.717, 1.165) is 10.2 Å². The zero-order chi connectivity index (χ0) is 15.6. The van der Waals surface area contributed by atoms with E-state index in [1.54, 1.807) is 18.2 Å². The van der Waals surface area contributed by atoms with E-state index in [4.69, 9.17) is 11.0 Å². The Morgan fingerprint density at radius 1 is 1.24 bits per heavy atom. The normalized spacial score (nSPS) is 11.0. The molecule has 0 fully saturated rings. The molecule has 0 amide bonds. The van der Waals surface area contributed by atoms with Crippen LogP contribution in [0.2, 0.25) is 0 Å². The van der Waals surface area contributed by atoms with Gasteiger partial charge in [-0.1, -0.05) is 20.8 Å². The van der Waals surface area contributed by atoms with Crippen LogP contribution in [0, 0.1) is 11.3 Å². The minimum atomic E-state index is -0.187. The van der Waals surface area contributed by atoms with Crippen molar-refractivity contribution in [3.63, 3.8) is 0 Å². The minimum Gasteiger partial charge on any atom is -0.384 e. The Hall–Kier alpha value is -2.13. The van der Waals surface area contributed by atoms with Crippen molar-refractivity contribution in [3.8, 4) is 6.07 Å². The van der Waals surface area contributed by atoms with Crippen LogP contribution in [0.5, 0.6) is 0 Å². The third-order valence-corrected chi connectivity index (χ3v) is 3.43. The fourth-order valence-electron chi connectivity index (χ4n) is 1.69. The fourth-order valence-corrected chi connectivity index (χ4v) is 2.17. The summed E-state index contributed by atoms with van der Waals surface area (Å²) < 4.78 is 0.788. The van der Waals surface area contributed by atoms with Crippen LogP contribution in [-0.4, -0.2) is 9.97 Å². The number of nitriles is 1. The van der Waals surface area contributed by atoms with E-state index in [1.165, 1.54) is 0 Å². The molecule has 6 heteroatoms. The van der Waals surface area contributed by atoms with E-state index < -0.39 is 0 Å². The lowest BCUT2D eigenvalue weighted by Gasteiger charge is -2.18. The van der Waals surface area contributed by atoms with Gasteiger partial charge in [0, 0.05) is 16.0 Å². The van der Waals surface area contributed by atoms with Crippen LogP contribution in [0.3, 0.4) is 0 Å². The van der Waals surface area contributed by atoms with Gasteiger partial charge < -0.3 is 11.1 Å². The van der Waals surface area contributed by atoms with E-state index >= 15 is 0 Å². The summed E-state index contributed by atoms with van der Waals surface area (Å²) >= 11 is 3.43. The van der Waals surface area contributed by atoms with Crippen molar-refractivity contribution in [2.45, 2.75) is 26.2 Å². The Morgan fingerprint density at radius 3 is 2.52 bits per heavy atom. The Morgan fingerprint density at radius 2 is 1.95 bits per heavy atom. The van der Waals surface area contributed by atoms with E-state index in [2.05, 4.69) is 37.3 Å². The summed E-state index contributed by atoms with van der Waals surface area (Å²) in [6, 6.07) is 9.08. The van der Waals surface area contributed by atoms with Gasteiger partial charge in [0.15, 0.2) is 0 Å². The largest absolute Gasteiger partial charge is 0.384 e. The molecule has 1 aromatic heterocycles. The first-order chi connectivity index (χ1) is 9.79. The van der Waals surface area contributed by atoms with Gasteiger partial charge in [-0.15, -0.1) is 0 Å². The summed E-state index contributed by atoms with van der Waals surface area (Å²) in [4.78, 5) is 8.76. The third-order valence-electron chi connectivity index (χ3n) is 2.78. The van der Waals surface area contributed by atoms with Crippen LogP contribution in [0.15, 0.2) is 28.7 Å². The van der Waals surface area contributed by atoms with E-state index in [-0.39, 0.29) is 5.41 Å².